The van der Waals surface area contributed by atoms with Crippen LogP contribution in [0.5, 0.6) is 0 Å². The SMILES string of the molecule is C[13c]1[13cH][13cH][13c]([N+](=O)[O-])[13cH][13c]1[N+](=O)[O-]. The molecule has 13 heavy (non-hydrogen) atoms. The maximum atomic E-state index is 10.4. The Balaban J connectivity index is 3.27. The molecule has 0 aliphatic rings. The fraction of sp³-hybridized carbons (Fsp3) is 0.143. The monoisotopic (exact) mass is 188 g/mol. The molecular weight excluding hydrogens is 182 g/mol. The van der Waals surface area contributed by atoms with Crippen molar-refractivity contribution >= 4 is 11.4 Å². The van der Waals surface area contributed by atoms with Crippen LogP contribution in [-0.2, 0) is 0 Å². The highest BCUT2D eigenvalue weighted by Crippen LogP contribution is 2.23. The van der Waals surface area contributed by atoms with Crippen LogP contribution >= 0.6 is 0 Å². The summed E-state index contributed by atoms with van der Waals surface area (Å²) in [6.07, 6.45) is 0. The van der Waals surface area contributed by atoms with Crippen LogP contribution in [-0.4, -0.2) is 9.85 Å². The topological polar surface area (TPSA) is 86.3 Å². The van der Waals surface area contributed by atoms with Crippen LogP contribution in [0.3, 0.4) is 0 Å². The standard InChI is InChI=1S/C7H6N2O4/c1-5-2-3-6(8(10)11)4-7(5)9(12)13/h2-4H,1H3/i2+1,3+1,4+1,5+1,6+1,7+1. The molecule has 68 valence electrons. The molecule has 0 aliphatic carbocycles. The van der Waals surface area contributed by atoms with Gasteiger partial charge in [-0.05, 0) is 13.0 Å². The number of hydrogen-bond donors (Lipinski definition) is 0. The van der Waals surface area contributed by atoms with Gasteiger partial charge >= 0.3 is 0 Å². The molecule has 0 heterocycles. The molecule has 1 aromatic carbocycles. The number of nitrogens with zero attached hydrogens (tertiary/aromatic N) is 2. The molecule has 1 rings (SSSR count). The third-order valence-electron chi connectivity index (χ3n) is 1.60. The van der Waals surface area contributed by atoms with Crippen LogP contribution in [0.1, 0.15) is 5.56 Å². The van der Waals surface area contributed by atoms with Gasteiger partial charge in [-0.1, -0.05) is 0 Å². The van der Waals surface area contributed by atoms with Gasteiger partial charge in [0.05, 0.1) is 15.9 Å². The molecule has 0 aliphatic heterocycles. The van der Waals surface area contributed by atoms with E-state index in [1.54, 1.807) is 0 Å². The number of aryl methyl sites for hydroxylation is 1. The molecule has 0 fully saturated rings. The lowest BCUT2D eigenvalue weighted by Crippen LogP contribution is -1.94. The summed E-state index contributed by atoms with van der Waals surface area (Å²) in [5.41, 5.74) is -0.0814. The first kappa shape index (κ1) is 9.11. The van der Waals surface area contributed by atoms with Crippen molar-refractivity contribution in [3.8, 4) is 0 Å². The average molecular weight is 188 g/mol. The Bertz CT molecular complexity index is 375. The number of non-ortho nitro benzene ring substituents is 1. The Hall–Kier alpha value is -1.98. The van der Waals surface area contributed by atoms with Gasteiger partial charge in [0, 0.05) is 11.6 Å². The van der Waals surface area contributed by atoms with Crippen molar-refractivity contribution in [2.24, 2.45) is 0 Å². The highest BCUT2D eigenvalue weighted by atomic mass is 16.7. The van der Waals surface area contributed by atoms with Crippen molar-refractivity contribution in [1.82, 2.24) is 0 Å². The zero-order chi connectivity index (χ0) is 10.0. The Morgan fingerprint density at radius 2 is 1.77 bits per heavy atom. The van der Waals surface area contributed by atoms with Gasteiger partial charge in [0.15, 0.2) is 0 Å². The smallest absolute Gasteiger partial charge is 0.258 e. The molecule has 0 bridgehead atoms. The van der Waals surface area contributed by atoms with Crippen LogP contribution in [0.2, 0.25) is 0 Å². The number of rotatable bonds is 2. The van der Waals surface area contributed by atoms with Crippen molar-refractivity contribution in [2.75, 3.05) is 0 Å². The molecule has 1 aromatic rings. The van der Waals surface area contributed by atoms with Gasteiger partial charge in [0.2, 0.25) is 0 Å². The van der Waals surface area contributed by atoms with E-state index < -0.39 is 9.85 Å². The van der Waals surface area contributed by atoms with Crippen LogP contribution in [0.25, 0.3) is 0 Å². The van der Waals surface area contributed by atoms with Crippen molar-refractivity contribution < 1.29 is 9.85 Å². The van der Waals surface area contributed by atoms with Gasteiger partial charge in [-0.15, -0.1) is 0 Å². The summed E-state index contributed by atoms with van der Waals surface area (Å²) in [7, 11) is 0. The first-order valence-electron chi connectivity index (χ1n) is 3.42. The highest BCUT2D eigenvalue weighted by Gasteiger charge is 2.15. The molecular formula is C7H6N2O4. The van der Waals surface area contributed by atoms with Crippen molar-refractivity contribution in [2.45, 2.75) is 6.92 Å². The fourth-order valence-corrected chi connectivity index (χ4v) is 0.908. The average Bonchev–Trinajstić information content (AvgIpc) is 2.04. The molecule has 0 spiro atoms. The minimum absolute atomic E-state index is 0.228. The lowest BCUT2D eigenvalue weighted by molar-refractivity contribution is -0.394. The molecule has 0 saturated heterocycles. The van der Waals surface area contributed by atoms with E-state index in [0.717, 1.165) is 6.07 Å². The summed E-state index contributed by atoms with van der Waals surface area (Å²) in [4.78, 5) is 19.4. The van der Waals surface area contributed by atoms with Crippen LogP contribution in [0.15, 0.2) is 18.2 Å². The maximum Gasteiger partial charge on any atom is 0.279 e. The van der Waals surface area contributed by atoms with Gasteiger partial charge in [0.25, 0.3) is 11.4 Å². The summed E-state index contributed by atoms with van der Waals surface area (Å²) in [6.45, 7) is 1.53. The molecule has 0 radical (unpaired) electrons. The molecule has 0 unspecified atom stereocenters. The number of nitro benzene ring substituents is 2. The lowest BCUT2D eigenvalue weighted by atomic mass is 11.0. The van der Waals surface area contributed by atoms with Gasteiger partial charge in [0.1, 0.15) is 0 Å². The third kappa shape index (κ3) is 1.78. The summed E-state index contributed by atoms with van der Waals surface area (Å²) in [6, 6.07) is 3.55. The molecule has 0 N–H and O–H groups in total. The second kappa shape index (κ2) is 3.18. The highest BCUT2D eigenvalue weighted by molar-refractivity contribution is 5.48. The lowest BCUT2D eigenvalue weighted by Gasteiger charge is -1.95. The van der Waals surface area contributed by atoms with E-state index in [-0.39, 0.29) is 11.4 Å². The van der Waals surface area contributed by atoms with Gasteiger partial charge in [-0.3, -0.25) is 20.2 Å². The largest absolute Gasteiger partial charge is 0.279 e. The maximum absolute atomic E-state index is 10.4. The van der Waals surface area contributed by atoms with Crippen molar-refractivity contribution in [3.05, 3.63) is 44.0 Å². The summed E-state index contributed by atoms with van der Waals surface area (Å²) < 4.78 is 0. The Morgan fingerprint density at radius 1 is 1.15 bits per heavy atom. The fourth-order valence-electron chi connectivity index (χ4n) is 0.908. The predicted octanol–water partition coefficient (Wildman–Crippen LogP) is 1.81. The zero-order valence-corrected chi connectivity index (χ0v) is 6.76. The van der Waals surface area contributed by atoms with Crippen molar-refractivity contribution in [3.63, 3.8) is 0 Å². The van der Waals surface area contributed by atoms with Gasteiger partial charge < -0.3 is 0 Å². The van der Waals surface area contributed by atoms with Crippen LogP contribution < -0.4 is 0 Å². The van der Waals surface area contributed by atoms with E-state index in [2.05, 4.69) is 0 Å². The normalized spacial score (nSPS) is 9.62. The van der Waals surface area contributed by atoms with E-state index in [0.29, 0.717) is 5.56 Å². The van der Waals surface area contributed by atoms with E-state index in [1.807, 2.05) is 0 Å². The number of hydrogen-bond acceptors (Lipinski definition) is 4. The number of nitro groups is 2. The zero-order valence-electron chi connectivity index (χ0n) is 6.76. The summed E-state index contributed by atoms with van der Waals surface area (Å²) in [5.74, 6) is 0. The van der Waals surface area contributed by atoms with Crippen LogP contribution in [0, 0.1) is 27.2 Å². The first-order chi connectivity index (χ1) is 6.02. The van der Waals surface area contributed by atoms with Crippen LogP contribution in [0.4, 0.5) is 11.4 Å². The van der Waals surface area contributed by atoms with E-state index in [9.17, 15) is 20.2 Å². The van der Waals surface area contributed by atoms with Gasteiger partial charge in [-0.2, -0.15) is 0 Å². The molecule has 0 amide bonds. The van der Waals surface area contributed by atoms with E-state index in [1.165, 1.54) is 19.1 Å². The Labute approximate surface area is 73.1 Å². The van der Waals surface area contributed by atoms with E-state index in [4.69, 9.17) is 0 Å². The quantitative estimate of drug-likeness (QED) is 0.523. The summed E-state index contributed by atoms with van der Waals surface area (Å²) >= 11 is 0. The van der Waals surface area contributed by atoms with Gasteiger partial charge in [-0.25, -0.2) is 0 Å². The Kier molecular flexibility index (Phi) is 2.23. The molecule has 6 heteroatoms. The molecule has 0 atom stereocenters. The number of benzene rings is 1. The minimum Gasteiger partial charge on any atom is -0.258 e. The summed E-state index contributed by atoms with van der Waals surface area (Å²) in [5, 5.41) is 20.6. The minimum atomic E-state index is -0.660. The second-order valence-corrected chi connectivity index (χ2v) is 2.49. The Morgan fingerprint density at radius 3 is 2.23 bits per heavy atom. The van der Waals surface area contributed by atoms with E-state index >= 15 is 0 Å². The molecule has 0 aromatic heterocycles. The first-order valence-corrected chi connectivity index (χ1v) is 3.42. The predicted molar refractivity (Wildman–Crippen MR) is 44.5 cm³/mol. The third-order valence-corrected chi connectivity index (χ3v) is 1.60. The second-order valence-electron chi connectivity index (χ2n) is 2.49. The molecule has 6 nitrogen and oxygen atoms in total. The molecule has 0 saturated carbocycles. The van der Waals surface area contributed by atoms with Crippen molar-refractivity contribution in [1.29, 1.82) is 0 Å².